The molecule has 1 fully saturated rings. The van der Waals surface area contributed by atoms with E-state index in [1.807, 2.05) is 13.8 Å². The third kappa shape index (κ3) is 2.97. The molecule has 1 aliphatic rings. The van der Waals surface area contributed by atoms with Crippen LogP contribution in [-0.2, 0) is 9.59 Å². The van der Waals surface area contributed by atoms with E-state index in [0.717, 1.165) is 0 Å². The molecule has 86 valence electrons. The molecule has 4 heteroatoms. The molecule has 0 radical (unpaired) electrons. The molecule has 2 amide bonds. The molecule has 1 heterocycles. The maximum Gasteiger partial charge on any atom is 0.243 e. The molecule has 0 saturated carbocycles. The van der Waals surface area contributed by atoms with Gasteiger partial charge in [-0.3, -0.25) is 14.5 Å². The second kappa shape index (κ2) is 4.16. The van der Waals surface area contributed by atoms with Crippen molar-refractivity contribution in [2.45, 2.75) is 57.1 Å². The fraction of sp³-hybridized carbons (Fsp3) is 0.818. The SMILES string of the molecule is CC(C)N1C(=O)CC(SC(C)(C)C)C1=O. The number of rotatable bonds is 2. The summed E-state index contributed by atoms with van der Waals surface area (Å²) in [5.41, 5.74) is 0. The number of nitrogens with zero attached hydrogens (tertiary/aromatic N) is 1. The highest BCUT2D eigenvalue weighted by atomic mass is 32.2. The minimum absolute atomic E-state index is 0.0180. The first-order chi connectivity index (χ1) is 6.72. The lowest BCUT2D eigenvalue weighted by Crippen LogP contribution is -2.37. The highest BCUT2D eigenvalue weighted by Gasteiger charge is 2.41. The second-order valence-corrected chi connectivity index (χ2v) is 7.15. The van der Waals surface area contributed by atoms with Crippen LogP contribution in [-0.4, -0.2) is 32.8 Å². The zero-order valence-electron chi connectivity index (χ0n) is 10.0. The summed E-state index contributed by atoms with van der Waals surface area (Å²) in [5.74, 6) is -0.0494. The van der Waals surface area contributed by atoms with Crippen LogP contribution >= 0.6 is 11.8 Å². The van der Waals surface area contributed by atoms with E-state index < -0.39 is 0 Å². The Bertz CT molecular complexity index is 281. The first-order valence-corrected chi connectivity index (χ1v) is 6.14. The van der Waals surface area contributed by atoms with Crippen LogP contribution < -0.4 is 0 Å². The molecule has 0 aliphatic carbocycles. The normalized spacial score (nSPS) is 23.1. The Hall–Kier alpha value is -0.510. The van der Waals surface area contributed by atoms with E-state index in [0.29, 0.717) is 6.42 Å². The van der Waals surface area contributed by atoms with Crippen LogP contribution in [0.1, 0.15) is 41.0 Å². The van der Waals surface area contributed by atoms with Gasteiger partial charge in [0.15, 0.2) is 0 Å². The highest BCUT2D eigenvalue weighted by molar-refractivity contribution is 8.01. The molecule has 0 bridgehead atoms. The molecule has 1 aliphatic heterocycles. The van der Waals surface area contributed by atoms with Crippen LogP contribution in [0.5, 0.6) is 0 Å². The molecule has 3 nitrogen and oxygen atoms in total. The fourth-order valence-corrected chi connectivity index (χ4v) is 2.98. The fourth-order valence-electron chi connectivity index (χ4n) is 1.68. The largest absolute Gasteiger partial charge is 0.279 e. The number of hydrogen-bond acceptors (Lipinski definition) is 3. The van der Waals surface area contributed by atoms with Crippen molar-refractivity contribution in [1.82, 2.24) is 4.90 Å². The smallest absolute Gasteiger partial charge is 0.243 e. The molecule has 1 saturated heterocycles. The van der Waals surface area contributed by atoms with Gasteiger partial charge in [0.2, 0.25) is 11.8 Å². The highest BCUT2D eigenvalue weighted by Crippen LogP contribution is 2.35. The van der Waals surface area contributed by atoms with Gasteiger partial charge in [-0.15, -0.1) is 11.8 Å². The summed E-state index contributed by atoms with van der Waals surface area (Å²) in [7, 11) is 0. The van der Waals surface area contributed by atoms with Crippen molar-refractivity contribution in [2.75, 3.05) is 0 Å². The minimum atomic E-state index is -0.181. The second-order valence-electron chi connectivity index (χ2n) is 5.12. The van der Waals surface area contributed by atoms with Crippen molar-refractivity contribution < 1.29 is 9.59 Å². The van der Waals surface area contributed by atoms with Crippen LogP contribution in [0.3, 0.4) is 0 Å². The predicted octanol–water partition coefficient (Wildman–Crippen LogP) is 2.05. The van der Waals surface area contributed by atoms with E-state index in [1.165, 1.54) is 4.90 Å². The van der Waals surface area contributed by atoms with Crippen LogP contribution in [0.4, 0.5) is 0 Å². The third-order valence-corrected chi connectivity index (χ3v) is 3.51. The Morgan fingerprint density at radius 1 is 1.33 bits per heavy atom. The van der Waals surface area contributed by atoms with Crippen molar-refractivity contribution in [2.24, 2.45) is 0 Å². The summed E-state index contributed by atoms with van der Waals surface area (Å²) in [4.78, 5) is 24.9. The lowest BCUT2D eigenvalue weighted by molar-refractivity contribution is -0.140. The van der Waals surface area contributed by atoms with Crippen molar-refractivity contribution in [3.63, 3.8) is 0 Å². The van der Waals surface area contributed by atoms with Crippen molar-refractivity contribution >= 4 is 23.6 Å². The molecule has 0 aromatic rings. The first-order valence-electron chi connectivity index (χ1n) is 5.26. The molecule has 1 rings (SSSR count). The van der Waals surface area contributed by atoms with Crippen molar-refractivity contribution in [1.29, 1.82) is 0 Å². The Morgan fingerprint density at radius 3 is 2.20 bits per heavy atom. The Morgan fingerprint density at radius 2 is 1.87 bits per heavy atom. The maximum absolute atomic E-state index is 11.9. The summed E-state index contributed by atoms with van der Waals surface area (Å²) in [6.07, 6.45) is 0.360. The summed E-state index contributed by atoms with van der Waals surface area (Å²) in [6, 6.07) is -0.0180. The number of likely N-dealkylation sites (tertiary alicyclic amines) is 1. The zero-order chi connectivity index (χ0) is 11.8. The molecule has 0 N–H and O–H groups in total. The maximum atomic E-state index is 11.9. The average Bonchev–Trinajstić information content (AvgIpc) is 2.23. The van der Waals surface area contributed by atoms with Crippen molar-refractivity contribution in [3.8, 4) is 0 Å². The number of imide groups is 1. The summed E-state index contributed by atoms with van der Waals surface area (Å²) >= 11 is 1.59. The molecule has 0 spiro atoms. The van der Waals surface area contributed by atoms with Gasteiger partial charge in [-0.1, -0.05) is 20.8 Å². The van der Waals surface area contributed by atoms with E-state index in [1.54, 1.807) is 11.8 Å². The predicted molar refractivity (Wildman–Crippen MR) is 62.7 cm³/mol. The minimum Gasteiger partial charge on any atom is -0.279 e. The van der Waals surface area contributed by atoms with Gasteiger partial charge in [0, 0.05) is 17.2 Å². The number of hydrogen-bond donors (Lipinski definition) is 0. The molecule has 1 unspecified atom stereocenters. The van der Waals surface area contributed by atoms with Gasteiger partial charge in [0.05, 0.1) is 5.25 Å². The van der Waals surface area contributed by atoms with E-state index >= 15 is 0 Å². The van der Waals surface area contributed by atoms with Gasteiger partial charge in [-0.2, -0.15) is 0 Å². The van der Waals surface area contributed by atoms with E-state index in [4.69, 9.17) is 0 Å². The van der Waals surface area contributed by atoms with Gasteiger partial charge in [0.1, 0.15) is 0 Å². The van der Waals surface area contributed by atoms with Crippen molar-refractivity contribution in [3.05, 3.63) is 0 Å². The quantitative estimate of drug-likeness (QED) is 0.680. The molecule has 0 aromatic carbocycles. The number of amides is 2. The van der Waals surface area contributed by atoms with Crippen LogP contribution in [0, 0.1) is 0 Å². The van der Waals surface area contributed by atoms with E-state index in [9.17, 15) is 9.59 Å². The standard InChI is InChI=1S/C11H19NO2S/c1-7(2)12-9(13)6-8(10(12)14)15-11(3,4)5/h7-8H,6H2,1-5H3. The summed E-state index contributed by atoms with van der Waals surface area (Å²) in [6.45, 7) is 9.94. The van der Waals surface area contributed by atoms with Gasteiger partial charge >= 0.3 is 0 Å². The monoisotopic (exact) mass is 229 g/mol. The molecule has 15 heavy (non-hydrogen) atoms. The number of carbonyl (C=O) groups excluding carboxylic acids is 2. The lowest BCUT2D eigenvalue weighted by Gasteiger charge is -2.22. The zero-order valence-corrected chi connectivity index (χ0v) is 10.9. The molecule has 0 aromatic heterocycles. The van der Waals surface area contributed by atoms with Gasteiger partial charge < -0.3 is 0 Å². The average molecular weight is 229 g/mol. The van der Waals surface area contributed by atoms with Crippen LogP contribution in [0.25, 0.3) is 0 Å². The Kier molecular flexibility index (Phi) is 3.48. The first kappa shape index (κ1) is 12.6. The third-order valence-electron chi connectivity index (χ3n) is 2.15. The number of thioether (sulfide) groups is 1. The topological polar surface area (TPSA) is 37.4 Å². The molecular formula is C11H19NO2S. The van der Waals surface area contributed by atoms with E-state index in [-0.39, 0.29) is 27.9 Å². The molecular weight excluding hydrogens is 210 g/mol. The van der Waals surface area contributed by atoms with Gasteiger partial charge in [-0.05, 0) is 13.8 Å². The summed E-state index contributed by atoms with van der Waals surface area (Å²) in [5, 5.41) is -0.181. The van der Waals surface area contributed by atoms with Crippen LogP contribution in [0.15, 0.2) is 0 Å². The van der Waals surface area contributed by atoms with E-state index in [2.05, 4.69) is 20.8 Å². The molecule has 1 atom stereocenters. The van der Waals surface area contributed by atoms with Crippen LogP contribution in [0.2, 0.25) is 0 Å². The Balaban J connectivity index is 2.74. The van der Waals surface area contributed by atoms with Gasteiger partial charge in [-0.25, -0.2) is 0 Å². The van der Waals surface area contributed by atoms with Gasteiger partial charge in [0.25, 0.3) is 0 Å². The number of carbonyl (C=O) groups is 2. The summed E-state index contributed by atoms with van der Waals surface area (Å²) < 4.78 is 0.0214. The lowest BCUT2D eigenvalue weighted by atomic mass is 10.3. The Labute approximate surface area is 95.6 Å².